The minimum atomic E-state index is 0.143. The van der Waals surface area contributed by atoms with Gasteiger partial charge in [-0.05, 0) is 16.3 Å². The van der Waals surface area contributed by atoms with Crippen LogP contribution in [0.25, 0.3) is 28.2 Å². The highest BCUT2D eigenvalue weighted by atomic mass is 16.5. The van der Waals surface area contributed by atoms with Crippen molar-refractivity contribution < 1.29 is 9.32 Å². The number of hydrogen-bond donors (Lipinski definition) is 0. The van der Waals surface area contributed by atoms with Gasteiger partial charge in [-0.1, -0.05) is 90.1 Å². The zero-order valence-electron chi connectivity index (χ0n) is 19.1. The van der Waals surface area contributed by atoms with Crippen molar-refractivity contribution in [2.75, 3.05) is 32.7 Å². The van der Waals surface area contributed by atoms with Crippen LogP contribution < -0.4 is 0 Å². The van der Waals surface area contributed by atoms with Gasteiger partial charge < -0.3 is 9.42 Å². The summed E-state index contributed by atoms with van der Waals surface area (Å²) in [6.07, 6.45) is 5.17. The van der Waals surface area contributed by atoms with Gasteiger partial charge in [0.15, 0.2) is 0 Å². The van der Waals surface area contributed by atoms with E-state index in [0.717, 1.165) is 49.1 Å². The van der Waals surface area contributed by atoms with E-state index in [2.05, 4.69) is 57.5 Å². The molecule has 1 aliphatic heterocycles. The van der Waals surface area contributed by atoms with Crippen LogP contribution in [0.5, 0.6) is 0 Å². The first-order chi connectivity index (χ1) is 16.8. The van der Waals surface area contributed by atoms with E-state index in [1.165, 1.54) is 5.56 Å². The highest BCUT2D eigenvalue weighted by Crippen LogP contribution is 2.26. The Labute approximate surface area is 199 Å². The number of aromatic nitrogens is 2. The molecule has 0 bridgehead atoms. The van der Waals surface area contributed by atoms with Gasteiger partial charge in [0.25, 0.3) is 0 Å². The third-order valence-corrected chi connectivity index (χ3v) is 6.25. The lowest BCUT2D eigenvalue weighted by molar-refractivity contribution is -0.132. The molecular formula is C28H28N4O2. The average molecular weight is 453 g/mol. The average Bonchev–Trinajstić information content (AvgIpc) is 3.37. The maximum Gasteiger partial charge on any atom is 0.227 e. The fourth-order valence-corrected chi connectivity index (χ4v) is 4.34. The summed E-state index contributed by atoms with van der Waals surface area (Å²) in [6.45, 7) is 4.18. The van der Waals surface area contributed by atoms with Crippen molar-refractivity contribution in [2.45, 2.75) is 12.8 Å². The molecule has 1 aliphatic rings. The fraction of sp³-hybridized carbons (Fsp3) is 0.250. The largest absolute Gasteiger partial charge is 0.340 e. The predicted octanol–water partition coefficient (Wildman–Crippen LogP) is 4.68. The van der Waals surface area contributed by atoms with Crippen molar-refractivity contribution in [1.29, 1.82) is 0 Å². The second-order valence-electron chi connectivity index (χ2n) is 8.53. The molecule has 1 amide bonds. The summed E-state index contributed by atoms with van der Waals surface area (Å²) in [5, 5.41) is 6.39. The molecule has 0 aliphatic carbocycles. The quantitative estimate of drug-likeness (QED) is 0.407. The van der Waals surface area contributed by atoms with Crippen molar-refractivity contribution in [2.24, 2.45) is 0 Å². The van der Waals surface area contributed by atoms with Gasteiger partial charge in [-0.25, -0.2) is 0 Å². The van der Waals surface area contributed by atoms with Crippen LogP contribution in [0.15, 0.2) is 83.4 Å². The first-order valence-corrected chi connectivity index (χ1v) is 11.8. The molecule has 172 valence electrons. The summed E-state index contributed by atoms with van der Waals surface area (Å²) in [4.78, 5) is 21.6. The standard InChI is InChI=1S/C28H28N4O2/c33-27(32-20-18-31(19-21-32)17-7-10-22-8-2-1-3-9-22)16-15-26-29-28(30-34-26)25-14-6-12-23-11-4-5-13-24(23)25/h1-14H,15-21H2/b10-7+. The van der Waals surface area contributed by atoms with Crippen LogP contribution in [0.4, 0.5) is 0 Å². The van der Waals surface area contributed by atoms with E-state index in [-0.39, 0.29) is 5.91 Å². The fourth-order valence-electron chi connectivity index (χ4n) is 4.34. The first kappa shape index (κ1) is 22.0. The van der Waals surface area contributed by atoms with Gasteiger partial charge in [-0.2, -0.15) is 4.98 Å². The van der Waals surface area contributed by atoms with Gasteiger partial charge >= 0.3 is 0 Å². The number of nitrogens with zero attached hydrogens (tertiary/aromatic N) is 4. The monoisotopic (exact) mass is 452 g/mol. The molecule has 0 saturated carbocycles. The summed E-state index contributed by atoms with van der Waals surface area (Å²) in [7, 11) is 0. The summed E-state index contributed by atoms with van der Waals surface area (Å²) < 4.78 is 5.46. The number of rotatable bonds is 7. The number of carbonyl (C=O) groups excluding carboxylic acids is 1. The Morgan fingerprint density at radius 3 is 2.53 bits per heavy atom. The molecule has 4 aromatic rings. The highest BCUT2D eigenvalue weighted by molar-refractivity contribution is 5.94. The van der Waals surface area contributed by atoms with Gasteiger partial charge in [-0.15, -0.1) is 0 Å². The molecule has 1 fully saturated rings. The molecule has 1 aromatic heterocycles. The van der Waals surface area contributed by atoms with E-state index >= 15 is 0 Å². The normalized spacial score (nSPS) is 14.8. The van der Waals surface area contributed by atoms with Gasteiger partial charge in [-0.3, -0.25) is 9.69 Å². The van der Waals surface area contributed by atoms with Crippen molar-refractivity contribution in [3.05, 3.63) is 90.3 Å². The highest BCUT2D eigenvalue weighted by Gasteiger charge is 2.21. The van der Waals surface area contributed by atoms with Crippen LogP contribution in [0, 0.1) is 0 Å². The van der Waals surface area contributed by atoms with Gasteiger partial charge in [0.1, 0.15) is 0 Å². The van der Waals surface area contributed by atoms with Crippen LogP contribution in [-0.4, -0.2) is 58.6 Å². The van der Waals surface area contributed by atoms with E-state index < -0.39 is 0 Å². The molecule has 6 nitrogen and oxygen atoms in total. The van der Waals surface area contributed by atoms with Crippen molar-refractivity contribution in [3.63, 3.8) is 0 Å². The molecule has 5 rings (SSSR count). The number of aryl methyl sites for hydroxylation is 1. The number of fused-ring (bicyclic) bond motifs is 1. The minimum Gasteiger partial charge on any atom is -0.340 e. The molecule has 3 aromatic carbocycles. The van der Waals surface area contributed by atoms with Gasteiger partial charge in [0.2, 0.25) is 17.6 Å². The van der Waals surface area contributed by atoms with E-state index in [1.807, 2.05) is 47.4 Å². The molecule has 0 N–H and O–H groups in total. The molecule has 6 heteroatoms. The Balaban J connectivity index is 1.10. The van der Waals surface area contributed by atoms with E-state index in [4.69, 9.17) is 4.52 Å². The van der Waals surface area contributed by atoms with E-state index in [1.54, 1.807) is 0 Å². The third kappa shape index (κ3) is 5.24. The number of hydrogen-bond acceptors (Lipinski definition) is 5. The second-order valence-corrected chi connectivity index (χ2v) is 8.53. The molecule has 34 heavy (non-hydrogen) atoms. The summed E-state index contributed by atoms with van der Waals surface area (Å²) in [5.41, 5.74) is 2.15. The Morgan fingerprint density at radius 2 is 1.68 bits per heavy atom. The molecule has 1 saturated heterocycles. The number of carbonyl (C=O) groups is 1. The molecule has 0 atom stereocenters. The summed E-state index contributed by atoms with van der Waals surface area (Å²) in [6, 6.07) is 24.5. The SMILES string of the molecule is O=C(CCc1nc(-c2cccc3ccccc23)no1)N1CCN(C/C=C/c2ccccc2)CC1. The molecule has 0 radical (unpaired) electrons. The topological polar surface area (TPSA) is 62.5 Å². The Kier molecular flexibility index (Phi) is 6.77. The molecule has 2 heterocycles. The van der Waals surface area contributed by atoms with Gasteiger partial charge in [0, 0.05) is 51.1 Å². The van der Waals surface area contributed by atoms with Crippen molar-refractivity contribution >= 4 is 22.8 Å². The minimum absolute atomic E-state index is 0.143. The lowest BCUT2D eigenvalue weighted by Crippen LogP contribution is -2.48. The van der Waals surface area contributed by atoms with E-state index in [0.29, 0.717) is 24.6 Å². The van der Waals surface area contributed by atoms with Crippen LogP contribution in [-0.2, 0) is 11.2 Å². The lowest BCUT2D eigenvalue weighted by atomic mass is 10.0. The van der Waals surface area contributed by atoms with Crippen LogP contribution in [0.2, 0.25) is 0 Å². The van der Waals surface area contributed by atoms with Crippen LogP contribution in [0.1, 0.15) is 17.9 Å². The summed E-state index contributed by atoms with van der Waals surface area (Å²) >= 11 is 0. The number of amides is 1. The predicted molar refractivity (Wildman–Crippen MR) is 134 cm³/mol. The zero-order valence-corrected chi connectivity index (χ0v) is 19.1. The molecule has 0 spiro atoms. The smallest absolute Gasteiger partial charge is 0.227 e. The Morgan fingerprint density at radius 1 is 0.912 bits per heavy atom. The van der Waals surface area contributed by atoms with Crippen molar-refractivity contribution in [1.82, 2.24) is 19.9 Å². The van der Waals surface area contributed by atoms with E-state index in [9.17, 15) is 4.79 Å². The third-order valence-electron chi connectivity index (χ3n) is 6.25. The Bertz CT molecular complexity index is 1270. The lowest BCUT2D eigenvalue weighted by Gasteiger charge is -2.34. The first-order valence-electron chi connectivity index (χ1n) is 11.8. The molecular weight excluding hydrogens is 424 g/mol. The number of benzene rings is 3. The molecule has 0 unspecified atom stereocenters. The van der Waals surface area contributed by atoms with Crippen LogP contribution >= 0.6 is 0 Å². The summed E-state index contributed by atoms with van der Waals surface area (Å²) in [5.74, 6) is 1.21. The van der Waals surface area contributed by atoms with Crippen LogP contribution in [0.3, 0.4) is 0 Å². The maximum atomic E-state index is 12.7. The Hall–Kier alpha value is -3.77. The maximum absolute atomic E-state index is 12.7. The van der Waals surface area contributed by atoms with Gasteiger partial charge in [0.05, 0.1) is 0 Å². The van der Waals surface area contributed by atoms with Crippen molar-refractivity contribution in [3.8, 4) is 11.4 Å². The second kappa shape index (κ2) is 10.4. The number of piperazine rings is 1. The zero-order chi connectivity index (χ0) is 23.2.